The maximum Gasteiger partial charge on any atom is 0.303 e. The highest BCUT2D eigenvalue weighted by atomic mass is 19.1. The lowest BCUT2D eigenvalue weighted by Gasteiger charge is -2.46. The lowest BCUT2D eigenvalue weighted by molar-refractivity contribution is -0.138. The molecule has 0 unspecified atom stereocenters. The molecule has 2 aliphatic rings. The molecule has 1 aromatic carbocycles. The summed E-state index contributed by atoms with van der Waals surface area (Å²) in [4.78, 5) is 25.1. The molecular weight excluding hydrogens is 414 g/mol. The van der Waals surface area contributed by atoms with Crippen molar-refractivity contribution in [1.82, 2.24) is 15.0 Å². The number of rotatable bonds is 4. The minimum absolute atomic E-state index is 0.116. The number of benzene rings is 1. The second kappa shape index (κ2) is 8.15. The maximum atomic E-state index is 13.9. The first kappa shape index (κ1) is 20.8. The standard InChI is InChI=1S/C24H26F2N4O2/c25-17-12-18(26)22-19(13-17)28-23(29-22)16-1-2-20(27-14-16)30-9-7-24(8-10-30)5-3-15(4-6-24)11-21(31)32/h1-2,12-15H,3-11H2,(H,28,29)(H,31,32). The number of carboxylic acids is 1. The van der Waals surface area contributed by atoms with Gasteiger partial charge in [-0.05, 0) is 68.1 Å². The quantitative estimate of drug-likeness (QED) is 0.586. The topological polar surface area (TPSA) is 82.1 Å². The summed E-state index contributed by atoms with van der Waals surface area (Å²) in [6.45, 7) is 1.87. The molecule has 32 heavy (non-hydrogen) atoms. The summed E-state index contributed by atoms with van der Waals surface area (Å²) < 4.78 is 27.4. The Kier molecular flexibility index (Phi) is 5.31. The Hall–Kier alpha value is -3.03. The number of fused-ring (bicyclic) bond motifs is 1. The summed E-state index contributed by atoms with van der Waals surface area (Å²) in [7, 11) is 0. The van der Waals surface area contributed by atoms with Crippen LogP contribution in [-0.2, 0) is 4.79 Å². The number of carbonyl (C=O) groups is 1. The summed E-state index contributed by atoms with van der Waals surface area (Å²) in [5.74, 6) is -0.331. The van der Waals surface area contributed by atoms with E-state index in [2.05, 4.69) is 19.9 Å². The van der Waals surface area contributed by atoms with Gasteiger partial charge in [0.1, 0.15) is 23.0 Å². The van der Waals surface area contributed by atoms with E-state index >= 15 is 0 Å². The van der Waals surface area contributed by atoms with Crippen LogP contribution < -0.4 is 4.90 Å². The number of pyridine rings is 1. The van der Waals surface area contributed by atoms with Crippen molar-refractivity contribution in [2.24, 2.45) is 11.3 Å². The molecule has 2 aromatic heterocycles. The molecule has 5 rings (SSSR count). The van der Waals surface area contributed by atoms with E-state index in [4.69, 9.17) is 5.11 Å². The second-order valence-corrected chi connectivity index (χ2v) is 9.30. The Balaban J connectivity index is 1.23. The van der Waals surface area contributed by atoms with Crippen LogP contribution in [0, 0.1) is 23.0 Å². The van der Waals surface area contributed by atoms with Gasteiger partial charge in [0.15, 0.2) is 5.82 Å². The molecule has 1 aliphatic heterocycles. The van der Waals surface area contributed by atoms with Crippen LogP contribution in [0.2, 0.25) is 0 Å². The number of nitrogens with zero attached hydrogens (tertiary/aromatic N) is 3. The van der Waals surface area contributed by atoms with Gasteiger partial charge in [0.2, 0.25) is 0 Å². The van der Waals surface area contributed by atoms with Gasteiger partial charge >= 0.3 is 5.97 Å². The normalized spacial score (nSPS) is 19.0. The third-order valence-electron chi connectivity index (χ3n) is 7.30. The first-order valence-electron chi connectivity index (χ1n) is 11.2. The van der Waals surface area contributed by atoms with Gasteiger partial charge in [0, 0.05) is 37.3 Å². The fourth-order valence-corrected chi connectivity index (χ4v) is 5.34. The number of halogens is 2. The number of aromatic nitrogens is 3. The molecular formula is C24H26F2N4O2. The molecule has 168 valence electrons. The number of hydrogen-bond donors (Lipinski definition) is 2. The monoisotopic (exact) mass is 440 g/mol. The van der Waals surface area contributed by atoms with Crippen LogP contribution >= 0.6 is 0 Å². The van der Waals surface area contributed by atoms with E-state index in [-0.39, 0.29) is 5.52 Å². The first-order valence-corrected chi connectivity index (χ1v) is 11.2. The summed E-state index contributed by atoms with van der Waals surface area (Å²) in [5.41, 5.74) is 1.50. The molecule has 2 N–H and O–H groups in total. The van der Waals surface area contributed by atoms with E-state index in [0.717, 1.165) is 69.1 Å². The van der Waals surface area contributed by atoms with Crippen LogP contribution in [0.25, 0.3) is 22.4 Å². The zero-order chi connectivity index (χ0) is 22.3. The third-order valence-corrected chi connectivity index (χ3v) is 7.30. The molecule has 0 atom stereocenters. The van der Waals surface area contributed by atoms with Crippen molar-refractivity contribution in [1.29, 1.82) is 0 Å². The van der Waals surface area contributed by atoms with Gasteiger partial charge in [0.25, 0.3) is 0 Å². The second-order valence-electron chi connectivity index (χ2n) is 9.30. The van der Waals surface area contributed by atoms with E-state index in [1.54, 1.807) is 6.20 Å². The van der Waals surface area contributed by atoms with Crippen molar-refractivity contribution < 1.29 is 18.7 Å². The molecule has 1 saturated carbocycles. The van der Waals surface area contributed by atoms with Crippen molar-refractivity contribution >= 4 is 22.8 Å². The Labute approximate surface area is 184 Å². The lowest BCUT2D eigenvalue weighted by atomic mass is 9.65. The van der Waals surface area contributed by atoms with Crippen molar-refractivity contribution in [3.05, 3.63) is 42.1 Å². The molecule has 1 saturated heterocycles. The average Bonchev–Trinajstić information content (AvgIpc) is 3.20. The van der Waals surface area contributed by atoms with Gasteiger partial charge in [0.05, 0.1) is 5.52 Å². The van der Waals surface area contributed by atoms with Crippen LogP contribution in [0.5, 0.6) is 0 Å². The van der Waals surface area contributed by atoms with Gasteiger partial charge in [-0.1, -0.05) is 0 Å². The molecule has 0 bridgehead atoms. The predicted octanol–water partition coefficient (Wildman–Crippen LogP) is 5.15. The lowest BCUT2D eigenvalue weighted by Crippen LogP contribution is -2.42. The maximum absolute atomic E-state index is 13.9. The number of anilines is 1. The molecule has 0 amide bonds. The Morgan fingerprint density at radius 2 is 1.91 bits per heavy atom. The minimum atomic E-state index is -0.689. The zero-order valence-corrected chi connectivity index (χ0v) is 17.8. The molecule has 3 aromatic rings. The third kappa shape index (κ3) is 4.06. The molecule has 1 spiro atoms. The number of hydrogen-bond acceptors (Lipinski definition) is 4. The van der Waals surface area contributed by atoms with Crippen molar-refractivity contribution in [2.75, 3.05) is 18.0 Å². The highest BCUT2D eigenvalue weighted by molar-refractivity contribution is 5.80. The van der Waals surface area contributed by atoms with E-state index in [1.807, 2.05) is 12.1 Å². The van der Waals surface area contributed by atoms with Crippen LogP contribution in [0.4, 0.5) is 14.6 Å². The van der Waals surface area contributed by atoms with E-state index in [9.17, 15) is 13.6 Å². The largest absolute Gasteiger partial charge is 0.481 e. The van der Waals surface area contributed by atoms with E-state index < -0.39 is 17.6 Å². The van der Waals surface area contributed by atoms with Crippen molar-refractivity contribution in [2.45, 2.75) is 44.9 Å². The van der Waals surface area contributed by atoms with E-state index in [1.165, 1.54) is 6.07 Å². The van der Waals surface area contributed by atoms with Crippen LogP contribution in [-0.4, -0.2) is 39.1 Å². The van der Waals surface area contributed by atoms with Gasteiger partial charge in [-0.15, -0.1) is 0 Å². The summed E-state index contributed by atoms with van der Waals surface area (Å²) in [5, 5.41) is 9.03. The van der Waals surface area contributed by atoms with Crippen LogP contribution in [0.15, 0.2) is 30.5 Å². The number of aliphatic carboxylic acids is 1. The number of nitrogens with one attached hydrogen (secondary N) is 1. The smallest absolute Gasteiger partial charge is 0.303 e. The number of carboxylic acid groups (broad SMARTS) is 1. The van der Waals surface area contributed by atoms with Crippen molar-refractivity contribution in [3.8, 4) is 11.4 Å². The van der Waals surface area contributed by atoms with E-state index in [0.29, 0.717) is 29.1 Å². The summed E-state index contributed by atoms with van der Waals surface area (Å²) in [6.07, 6.45) is 8.48. The summed E-state index contributed by atoms with van der Waals surface area (Å²) in [6, 6.07) is 5.91. The molecule has 1 aliphatic carbocycles. The van der Waals surface area contributed by atoms with Gasteiger partial charge < -0.3 is 15.0 Å². The molecule has 2 fully saturated rings. The molecule has 0 radical (unpaired) electrons. The van der Waals surface area contributed by atoms with Gasteiger partial charge in [-0.3, -0.25) is 4.79 Å². The SMILES string of the molecule is O=C(O)CC1CCC2(CC1)CCN(c1ccc(-c3nc4c(F)cc(F)cc4[nH]3)cn1)CC2. The Bertz CT molecular complexity index is 1130. The summed E-state index contributed by atoms with van der Waals surface area (Å²) >= 11 is 0. The number of aromatic amines is 1. The average molecular weight is 440 g/mol. The number of piperidine rings is 1. The molecule has 6 nitrogen and oxygen atoms in total. The van der Waals surface area contributed by atoms with Gasteiger partial charge in [-0.2, -0.15) is 0 Å². The highest BCUT2D eigenvalue weighted by Gasteiger charge is 2.38. The molecule has 3 heterocycles. The van der Waals surface area contributed by atoms with Crippen LogP contribution in [0.1, 0.15) is 44.9 Å². The minimum Gasteiger partial charge on any atom is -0.481 e. The predicted molar refractivity (Wildman–Crippen MR) is 117 cm³/mol. The van der Waals surface area contributed by atoms with Crippen LogP contribution in [0.3, 0.4) is 0 Å². The highest BCUT2D eigenvalue weighted by Crippen LogP contribution is 2.47. The molecule has 8 heteroatoms. The Morgan fingerprint density at radius 3 is 2.56 bits per heavy atom. The fraction of sp³-hybridized carbons (Fsp3) is 0.458. The zero-order valence-electron chi connectivity index (χ0n) is 17.8. The van der Waals surface area contributed by atoms with Gasteiger partial charge in [-0.25, -0.2) is 18.7 Å². The Morgan fingerprint density at radius 1 is 1.16 bits per heavy atom. The number of H-pyrrole nitrogens is 1. The number of imidazole rings is 1. The van der Waals surface area contributed by atoms with Crippen molar-refractivity contribution in [3.63, 3.8) is 0 Å². The first-order chi connectivity index (χ1) is 15.4. The fourth-order valence-electron chi connectivity index (χ4n) is 5.34.